The molecule has 0 fully saturated rings. The van der Waals surface area contributed by atoms with Crippen LogP contribution in [0.1, 0.15) is 0 Å². The van der Waals surface area contributed by atoms with Gasteiger partial charge in [-0.2, -0.15) is 0 Å². The van der Waals surface area contributed by atoms with E-state index in [1.54, 1.807) is 0 Å². The molecule has 9 heteroatoms. The smallest absolute Gasteiger partial charge is 0.412 e. The minimum absolute atomic E-state index is 0.00154. The third-order valence-electron chi connectivity index (χ3n) is 0.454. The summed E-state index contributed by atoms with van der Waals surface area (Å²) in [6.07, 6.45) is 0. The second-order valence-electron chi connectivity index (χ2n) is 1.57. The molecular weight excluding hydrogens is 228 g/mol. The van der Waals surface area contributed by atoms with Crippen LogP contribution in [0.4, 0.5) is 0 Å². The Bertz CT molecular complexity index is 80.9. The first kappa shape index (κ1) is 11.9. The Hall–Kier alpha value is 0.924. The van der Waals surface area contributed by atoms with Crippen molar-refractivity contribution in [2.45, 2.75) is 13.1 Å². The quantitative estimate of drug-likeness (QED) is 0.418. The Balaban J connectivity index is 2.80. The summed E-state index contributed by atoms with van der Waals surface area (Å²) in [7, 11) is 2.23. The molecule has 0 N–H and O–H groups in total. The van der Waals surface area contributed by atoms with Crippen molar-refractivity contribution in [2.75, 3.05) is 0 Å². The lowest BCUT2D eigenvalue weighted by Crippen LogP contribution is -2.18. The van der Waals surface area contributed by atoms with Gasteiger partial charge in [-0.15, -0.1) is 0 Å². The highest BCUT2D eigenvalue weighted by molar-refractivity contribution is 6.56. The number of hydrogen-bond donors (Lipinski definition) is 0. The van der Waals surface area contributed by atoms with E-state index in [0.717, 1.165) is 0 Å². The molecule has 0 heterocycles. The normalized spacial score (nSPS) is 10.9. The SMILES string of the molecule is C[Si](C)O[Si]O[Si]O[Si]O[Si]. The molecule has 0 aromatic carbocycles. The highest BCUT2D eigenvalue weighted by atomic mass is 28.4. The van der Waals surface area contributed by atoms with E-state index in [4.69, 9.17) is 12.3 Å². The molecule has 10 radical (unpaired) electrons. The summed E-state index contributed by atoms with van der Waals surface area (Å²) in [5.41, 5.74) is 0. The van der Waals surface area contributed by atoms with Crippen LogP contribution in [0.2, 0.25) is 13.1 Å². The second-order valence-corrected chi connectivity index (χ2v) is 7.15. The summed E-state index contributed by atoms with van der Waals surface area (Å²) >= 11 is 0. The fraction of sp³-hybridized carbons (Fsp3) is 1.00. The van der Waals surface area contributed by atoms with Crippen molar-refractivity contribution in [3.63, 3.8) is 0 Å². The van der Waals surface area contributed by atoms with Gasteiger partial charge in [-0.3, -0.25) is 0 Å². The van der Waals surface area contributed by atoms with Crippen molar-refractivity contribution < 1.29 is 16.5 Å². The summed E-state index contributed by atoms with van der Waals surface area (Å²) < 4.78 is 19.5. The van der Waals surface area contributed by atoms with Crippen LogP contribution in [-0.2, 0) is 16.5 Å². The lowest BCUT2D eigenvalue weighted by Gasteiger charge is -2.02. The van der Waals surface area contributed by atoms with Crippen LogP contribution in [0.5, 0.6) is 0 Å². The Kier molecular flexibility index (Phi) is 9.77. The molecular formula is C2H6O4Si5. The van der Waals surface area contributed by atoms with Crippen molar-refractivity contribution in [1.29, 1.82) is 0 Å². The molecule has 0 aromatic rings. The molecule has 0 aliphatic carbocycles. The minimum Gasteiger partial charge on any atom is -0.435 e. The van der Waals surface area contributed by atoms with Crippen LogP contribution in [0.3, 0.4) is 0 Å². The molecule has 0 bridgehead atoms. The average Bonchev–Trinajstić information content (AvgIpc) is 1.96. The van der Waals surface area contributed by atoms with Crippen LogP contribution < -0.4 is 0 Å². The van der Waals surface area contributed by atoms with E-state index >= 15 is 0 Å². The molecule has 0 amide bonds. The van der Waals surface area contributed by atoms with Crippen LogP contribution in [0, 0.1) is 0 Å². The molecule has 0 aliphatic rings. The molecule has 58 valence electrons. The van der Waals surface area contributed by atoms with Crippen molar-refractivity contribution in [1.82, 2.24) is 0 Å². The molecule has 4 nitrogen and oxygen atoms in total. The lowest BCUT2D eigenvalue weighted by atomic mass is 11.9. The zero-order chi connectivity index (χ0) is 8.53. The fourth-order valence-electron chi connectivity index (χ4n) is 0.180. The molecule has 11 heavy (non-hydrogen) atoms. The summed E-state index contributed by atoms with van der Waals surface area (Å²) in [5.74, 6) is 0. The summed E-state index contributed by atoms with van der Waals surface area (Å²) in [6.45, 7) is 4.10. The van der Waals surface area contributed by atoms with Crippen molar-refractivity contribution in [3.05, 3.63) is 0 Å². The van der Waals surface area contributed by atoms with Gasteiger partial charge in [-0.05, 0) is 13.1 Å². The van der Waals surface area contributed by atoms with Crippen LogP contribution >= 0.6 is 0 Å². The molecule has 0 spiro atoms. The van der Waals surface area contributed by atoms with E-state index in [1.165, 1.54) is 0 Å². The maximum atomic E-state index is 5.21. The Morgan fingerprint density at radius 1 is 1.09 bits per heavy atom. The van der Waals surface area contributed by atoms with E-state index in [1.807, 2.05) is 13.1 Å². The monoisotopic (exact) mass is 234 g/mol. The predicted molar refractivity (Wildman–Crippen MR) is 44.8 cm³/mol. The zero-order valence-corrected chi connectivity index (χ0v) is 11.1. The first-order valence-electron chi connectivity index (χ1n) is 2.63. The molecule has 0 saturated heterocycles. The summed E-state index contributed by atoms with van der Waals surface area (Å²) in [4.78, 5) is 0. The zero-order valence-electron chi connectivity index (χ0n) is 6.13. The maximum Gasteiger partial charge on any atom is 0.412 e. The van der Waals surface area contributed by atoms with Gasteiger partial charge in [-0.25, -0.2) is 0 Å². The largest absolute Gasteiger partial charge is 0.435 e. The highest BCUT2D eigenvalue weighted by Gasteiger charge is 2.00. The first-order chi connectivity index (χ1) is 5.27. The van der Waals surface area contributed by atoms with Gasteiger partial charge in [-0.1, -0.05) is 0 Å². The fourth-order valence-corrected chi connectivity index (χ4v) is 2.74. The summed E-state index contributed by atoms with van der Waals surface area (Å²) in [5, 5.41) is 0. The molecule has 0 aromatic heterocycles. The standard InChI is InChI=1S/C2H6O4Si5/c1-11(2)6-10-5-9-4-8-3-7/h1-2H3. The Morgan fingerprint density at radius 2 is 1.73 bits per heavy atom. The van der Waals surface area contributed by atoms with E-state index < -0.39 is 9.04 Å². The Labute approximate surface area is 79.4 Å². The third kappa shape index (κ3) is 10.9. The van der Waals surface area contributed by atoms with Crippen molar-refractivity contribution in [2.24, 2.45) is 0 Å². The van der Waals surface area contributed by atoms with Crippen molar-refractivity contribution >= 4 is 49.5 Å². The van der Waals surface area contributed by atoms with Crippen molar-refractivity contribution in [3.8, 4) is 0 Å². The minimum atomic E-state index is -0.630. The number of hydrogen-bond acceptors (Lipinski definition) is 4. The average molecular weight is 234 g/mol. The number of rotatable bonds is 7. The Morgan fingerprint density at radius 3 is 2.27 bits per heavy atom. The van der Waals surface area contributed by atoms with E-state index in [2.05, 4.69) is 14.6 Å². The molecule has 0 unspecified atom stereocenters. The predicted octanol–water partition coefficient (Wildman–Crippen LogP) is -1.01. The van der Waals surface area contributed by atoms with Crippen LogP contribution in [0.25, 0.3) is 0 Å². The molecule has 0 saturated carbocycles. The van der Waals surface area contributed by atoms with Crippen LogP contribution in [-0.4, -0.2) is 49.5 Å². The van der Waals surface area contributed by atoms with Crippen LogP contribution in [0.15, 0.2) is 0 Å². The van der Waals surface area contributed by atoms with E-state index in [0.29, 0.717) is 0 Å². The van der Waals surface area contributed by atoms with E-state index in [-0.39, 0.29) is 30.0 Å². The first-order valence-corrected chi connectivity index (χ1v) is 7.90. The topological polar surface area (TPSA) is 36.9 Å². The van der Waals surface area contributed by atoms with Gasteiger partial charge >= 0.3 is 30.0 Å². The molecule has 0 aliphatic heterocycles. The van der Waals surface area contributed by atoms with Gasteiger partial charge in [0, 0.05) is 0 Å². The van der Waals surface area contributed by atoms with Gasteiger partial charge in [0.2, 0.25) is 10.5 Å². The van der Waals surface area contributed by atoms with Gasteiger partial charge < -0.3 is 16.5 Å². The molecule has 0 rings (SSSR count). The lowest BCUT2D eigenvalue weighted by molar-refractivity contribution is 0.405. The second kappa shape index (κ2) is 9.02. The van der Waals surface area contributed by atoms with Gasteiger partial charge in [0.1, 0.15) is 0 Å². The van der Waals surface area contributed by atoms with E-state index in [9.17, 15) is 0 Å². The van der Waals surface area contributed by atoms with Gasteiger partial charge in [0.05, 0.1) is 0 Å². The van der Waals surface area contributed by atoms with Gasteiger partial charge in [0.25, 0.3) is 0 Å². The third-order valence-corrected chi connectivity index (χ3v) is 4.09. The van der Waals surface area contributed by atoms with Gasteiger partial charge in [0.15, 0.2) is 9.04 Å². The molecule has 0 atom stereocenters. The maximum absolute atomic E-state index is 5.21. The highest BCUT2D eigenvalue weighted by Crippen LogP contribution is 1.80. The summed E-state index contributed by atoms with van der Waals surface area (Å²) in [6, 6.07) is 0.